The maximum Gasteiger partial charge on any atom is 0.303 e. The molecule has 9 heteroatoms. The highest BCUT2D eigenvalue weighted by Crippen LogP contribution is 2.65. The fraction of sp³-hybridized carbons (Fsp3) is 0.875. The first-order valence-corrected chi connectivity index (χ1v) is 13.6. The lowest BCUT2D eigenvalue weighted by Gasteiger charge is -2.60. The van der Waals surface area contributed by atoms with Crippen LogP contribution in [-0.2, 0) is 18.9 Å². The number of carboxylic acid groups (broad SMARTS) is 2. The van der Waals surface area contributed by atoms with E-state index in [4.69, 9.17) is 20.2 Å². The number of fused-ring (bicyclic) bond motifs is 5. The van der Waals surface area contributed by atoms with Gasteiger partial charge in [-0.15, -0.1) is 0 Å². The summed E-state index contributed by atoms with van der Waals surface area (Å²) in [6.45, 7) is 4.77. The van der Waals surface area contributed by atoms with Crippen LogP contribution in [0.3, 0.4) is 0 Å². The van der Waals surface area contributed by atoms with Crippen molar-refractivity contribution in [3.8, 4) is 0 Å². The van der Waals surface area contributed by atoms with Crippen LogP contribution in [0.15, 0.2) is 0 Å². The second-order valence-corrected chi connectivity index (χ2v) is 11.8. The summed E-state index contributed by atoms with van der Waals surface area (Å²) >= 11 is 0. The van der Waals surface area contributed by atoms with E-state index in [-0.39, 0.29) is 30.8 Å². The summed E-state index contributed by atoms with van der Waals surface area (Å²) in [5, 5.41) is 16.1. The van der Waals surface area contributed by atoms with Gasteiger partial charge in [0.05, 0.1) is 6.10 Å². The quantitative estimate of drug-likeness (QED) is 0.402. The number of carbonyl (C=O) groups is 3. The van der Waals surface area contributed by atoms with Crippen molar-refractivity contribution in [2.45, 2.75) is 97.0 Å². The summed E-state index contributed by atoms with van der Waals surface area (Å²) in [4.78, 5) is 41.4. The van der Waals surface area contributed by atoms with Gasteiger partial charge in [0, 0.05) is 24.7 Å². The molecule has 5 N–H and O–H groups in total. The highest BCUT2D eigenvalue weighted by Gasteiger charge is 2.60. The molecule has 0 amide bonds. The zero-order valence-electron chi connectivity index (χ0n) is 19.9. The van der Waals surface area contributed by atoms with Crippen molar-refractivity contribution in [1.82, 2.24) is 0 Å². The Morgan fingerprint density at radius 1 is 1.03 bits per heavy atom. The SMILES string of the molecule is CC12CCC3C(CCC4CC(OP(N)O)CCC43C)C1CCC2=O.O=C(O)CCCC(=O)O. The molecule has 188 valence electrons. The lowest BCUT2D eigenvalue weighted by atomic mass is 9.45. The molecule has 0 aromatic rings. The van der Waals surface area contributed by atoms with Gasteiger partial charge in [0.2, 0.25) is 8.53 Å². The molecule has 4 saturated carbocycles. The first-order chi connectivity index (χ1) is 15.5. The second-order valence-electron chi connectivity index (χ2n) is 11.0. The number of ketones is 1. The molecular formula is C24H40NO7P. The van der Waals surface area contributed by atoms with Crippen molar-refractivity contribution in [2.24, 2.45) is 40.0 Å². The van der Waals surface area contributed by atoms with E-state index in [1.807, 2.05) is 0 Å². The predicted molar refractivity (Wildman–Crippen MR) is 124 cm³/mol. The zero-order chi connectivity index (χ0) is 24.4. The fourth-order valence-corrected chi connectivity index (χ4v) is 8.13. The largest absolute Gasteiger partial charge is 0.481 e. The Kier molecular flexibility index (Phi) is 8.58. The lowest BCUT2D eigenvalue weighted by Crippen LogP contribution is -2.54. The summed E-state index contributed by atoms with van der Waals surface area (Å²) in [6.07, 6.45) is 10.3. The van der Waals surface area contributed by atoms with Crippen molar-refractivity contribution in [3.05, 3.63) is 0 Å². The minimum atomic E-state index is -1.74. The van der Waals surface area contributed by atoms with E-state index in [0.717, 1.165) is 43.9 Å². The molecule has 0 heterocycles. The Bertz CT molecular complexity index is 732. The summed E-state index contributed by atoms with van der Waals surface area (Å²) in [6, 6.07) is 0. The second kappa shape index (κ2) is 10.7. The van der Waals surface area contributed by atoms with Crippen LogP contribution in [0, 0.1) is 34.5 Å². The highest BCUT2D eigenvalue weighted by molar-refractivity contribution is 7.43. The summed E-state index contributed by atoms with van der Waals surface area (Å²) in [7, 11) is -1.74. The predicted octanol–water partition coefficient (Wildman–Crippen LogP) is 4.49. The number of nitrogens with two attached hydrogens (primary N) is 1. The van der Waals surface area contributed by atoms with Crippen LogP contribution < -0.4 is 5.50 Å². The van der Waals surface area contributed by atoms with E-state index >= 15 is 0 Å². The average Bonchev–Trinajstić information content (AvgIpc) is 3.02. The molecule has 4 aliphatic carbocycles. The smallest absolute Gasteiger partial charge is 0.303 e. The van der Waals surface area contributed by atoms with Gasteiger partial charge >= 0.3 is 11.9 Å². The van der Waals surface area contributed by atoms with E-state index in [0.29, 0.717) is 23.0 Å². The minimum Gasteiger partial charge on any atom is -0.481 e. The summed E-state index contributed by atoms with van der Waals surface area (Å²) in [5.41, 5.74) is 5.86. The van der Waals surface area contributed by atoms with E-state index in [9.17, 15) is 19.3 Å². The zero-order valence-corrected chi connectivity index (χ0v) is 20.8. The van der Waals surface area contributed by atoms with Gasteiger partial charge in [-0.2, -0.15) is 0 Å². The van der Waals surface area contributed by atoms with Gasteiger partial charge in [-0.05, 0) is 86.9 Å². The minimum absolute atomic E-state index is 0.0169. The Labute approximate surface area is 197 Å². The highest BCUT2D eigenvalue weighted by atomic mass is 31.2. The molecule has 0 aromatic carbocycles. The molecule has 0 saturated heterocycles. The maximum atomic E-state index is 12.5. The molecule has 8 unspecified atom stereocenters. The Balaban J connectivity index is 0.000000292. The van der Waals surface area contributed by atoms with Crippen molar-refractivity contribution in [2.75, 3.05) is 0 Å². The third kappa shape index (κ3) is 5.77. The van der Waals surface area contributed by atoms with Crippen LogP contribution >= 0.6 is 8.53 Å². The van der Waals surface area contributed by atoms with Crippen molar-refractivity contribution < 1.29 is 34.0 Å². The van der Waals surface area contributed by atoms with Crippen LogP contribution in [0.25, 0.3) is 0 Å². The molecule has 4 rings (SSSR count). The van der Waals surface area contributed by atoms with Crippen LogP contribution in [0.4, 0.5) is 0 Å². The van der Waals surface area contributed by atoms with Crippen LogP contribution in [0.5, 0.6) is 0 Å². The lowest BCUT2D eigenvalue weighted by molar-refractivity contribution is -0.141. The average molecular weight is 486 g/mol. The molecule has 4 aliphatic rings. The molecule has 4 fully saturated rings. The number of carbonyl (C=O) groups excluding carboxylic acids is 1. The van der Waals surface area contributed by atoms with Gasteiger partial charge < -0.3 is 19.6 Å². The van der Waals surface area contributed by atoms with E-state index < -0.39 is 20.5 Å². The van der Waals surface area contributed by atoms with Crippen LogP contribution in [0.1, 0.15) is 90.9 Å². The Morgan fingerprint density at radius 2 is 1.70 bits per heavy atom. The topological polar surface area (TPSA) is 147 Å². The Morgan fingerprint density at radius 3 is 2.30 bits per heavy atom. The molecular weight excluding hydrogens is 445 g/mol. The Hall–Kier alpha value is -1.08. The fourth-order valence-electron chi connectivity index (χ4n) is 7.63. The summed E-state index contributed by atoms with van der Waals surface area (Å²) < 4.78 is 5.57. The third-order valence-electron chi connectivity index (χ3n) is 9.36. The number of aliphatic carboxylic acids is 2. The van der Waals surface area contributed by atoms with Gasteiger partial charge in [0.1, 0.15) is 5.78 Å². The first-order valence-electron chi connectivity index (χ1n) is 12.3. The van der Waals surface area contributed by atoms with Gasteiger partial charge in [0.15, 0.2) is 0 Å². The molecule has 0 radical (unpaired) electrons. The van der Waals surface area contributed by atoms with Crippen LogP contribution in [-0.4, -0.2) is 38.9 Å². The number of carboxylic acids is 2. The molecule has 0 bridgehead atoms. The van der Waals surface area contributed by atoms with E-state index in [1.165, 1.54) is 25.7 Å². The van der Waals surface area contributed by atoms with Crippen molar-refractivity contribution in [3.63, 3.8) is 0 Å². The van der Waals surface area contributed by atoms with Crippen molar-refractivity contribution >= 4 is 26.2 Å². The molecule has 8 atom stereocenters. The maximum absolute atomic E-state index is 12.5. The summed E-state index contributed by atoms with van der Waals surface area (Å²) in [5.74, 6) is 1.48. The molecule has 0 aromatic heterocycles. The van der Waals surface area contributed by atoms with Gasteiger partial charge in [0.25, 0.3) is 0 Å². The van der Waals surface area contributed by atoms with E-state index in [1.54, 1.807) is 0 Å². The van der Waals surface area contributed by atoms with Gasteiger partial charge in [-0.3, -0.25) is 19.9 Å². The normalized spacial score (nSPS) is 40.5. The standard InChI is InChI=1S/C19H32NO3P.C5H8O4/c1-18-9-7-13(23-24(20)22)11-12(18)3-4-14-15-5-6-17(21)19(15,2)10-8-16(14)18;6-4(7)2-1-3-5(8)9/h12-16,22H,3-11,20H2,1-2H3;1-3H2,(H,6,7)(H,8,9). The molecule has 8 nitrogen and oxygen atoms in total. The number of rotatable bonds is 6. The molecule has 0 spiro atoms. The molecule has 33 heavy (non-hydrogen) atoms. The van der Waals surface area contributed by atoms with Crippen LogP contribution in [0.2, 0.25) is 0 Å². The first kappa shape index (κ1) is 26.5. The van der Waals surface area contributed by atoms with E-state index in [2.05, 4.69) is 13.8 Å². The number of hydrogen-bond donors (Lipinski definition) is 4. The monoisotopic (exact) mass is 485 g/mol. The third-order valence-corrected chi connectivity index (χ3v) is 9.88. The molecule has 0 aliphatic heterocycles. The number of Topliss-reactive ketones (excluding diaryl/α,β-unsaturated/α-hetero) is 1. The van der Waals surface area contributed by atoms with Gasteiger partial charge in [-0.25, -0.2) is 0 Å². The van der Waals surface area contributed by atoms with Gasteiger partial charge in [-0.1, -0.05) is 13.8 Å². The number of hydrogen-bond acceptors (Lipinski definition) is 6. The van der Waals surface area contributed by atoms with Crippen molar-refractivity contribution in [1.29, 1.82) is 0 Å².